The first-order valence-electron chi connectivity index (χ1n) is 8.37. The van der Waals surface area contributed by atoms with Gasteiger partial charge in [0.05, 0.1) is 18.1 Å². The van der Waals surface area contributed by atoms with Gasteiger partial charge in [0.25, 0.3) is 0 Å². The molecular formula is C17H17FN6O3. The summed E-state index contributed by atoms with van der Waals surface area (Å²) in [7, 11) is 0. The number of nitrogens with zero attached hydrogens (tertiary/aromatic N) is 4. The summed E-state index contributed by atoms with van der Waals surface area (Å²) in [6.07, 6.45) is 3.93. The molecule has 0 bridgehead atoms. The average molecular weight is 372 g/mol. The fourth-order valence-electron chi connectivity index (χ4n) is 2.93. The van der Waals surface area contributed by atoms with Gasteiger partial charge >= 0.3 is 0 Å². The third-order valence-corrected chi connectivity index (χ3v) is 4.30. The van der Waals surface area contributed by atoms with Crippen molar-refractivity contribution in [2.45, 2.75) is 18.7 Å². The smallest absolute Gasteiger partial charge is 0.246 e. The molecule has 1 aliphatic rings. The van der Waals surface area contributed by atoms with Crippen LogP contribution in [0.25, 0.3) is 11.0 Å². The Morgan fingerprint density at radius 3 is 3.19 bits per heavy atom. The van der Waals surface area contributed by atoms with Crippen LogP contribution in [-0.4, -0.2) is 56.3 Å². The molecule has 4 heterocycles. The van der Waals surface area contributed by atoms with Crippen molar-refractivity contribution in [1.29, 1.82) is 0 Å². The maximum Gasteiger partial charge on any atom is 0.246 e. The maximum atomic E-state index is 14.4. The lowest BCUT2D eigenvalue weighted by Crippen LogP contribution is -2.49. The van der Waals surface area contributed by atoms with Crippen molar-refractivity contribution in [2.24, 2.45) is 0 Å². The summed E-state index contributed by atoms with van der Waals surface area (Å²) in [5.74, 6) is 0.217. The van der Waals surface area contributed by atoms with Crippen molar-refractivity contribution in [2.75, 3.05) is 18.4 Å². The Bertz CT molecular complexity index is 957. The van der Waals surface area contributed by atoms with E-state index >= 15 is 0 Å². The number of H-pyrrole nitrogens is 1. The largest absolute Gasteiger partial charge is 0.469 e. The van der Waals surface area contributed by atoms with Crippen LogP contribution in [0.15, 0.2) is 41.9 Å². The van der Waals surface area contributed by atoms with Crippen LogP contribution < -0.4 is 10.1 Å². The summed E-state index contributed by atoms with van der Waals surface area (Å²) in [6.45, 7) is 3.92. The summed E-state index contributed by atoms with van der Waals surface area (Å²) in [6, 6.07) is 1.75. The van der Waals surface area contributed by atoms with E-state index in [-0.39, 0.29) is 30.7 Å². The summed E-state index contributed by atoms with van der Waals surface area (Å²) in [5.41, 5.74) is 1.10. The van der Waals surface area contributed by atoms with E-state index in [1.54, 1.807) is 12.3 Å². The number of ether oxygens (including phenoxy) is 1. The highest BCUT2D eigenvalue weighted by Crippen LogP contribution is 2.28. The third-order valence-electron chi connectivity index (χ3n) is 4.30. The third kappa shape index (κ3) is 3.46. The van der Waals surface area contributed by atoms with Crippen LogP contribution in [0.3, 0.4) is 0 Å². The number of aromatic amines is 1. The quantitative estimate of drug-likeness (QED) is 0.661. The van der Waals surface area contributed by atoms with Gasteiger partial charge in [-0.3, -0.25) is 4.79 Å². The molecule has 1 aliphatic heterocycles. The number of rotatable bonds is 5. The van der Waals surface area contributed by atoms with E-state index in [0.717, 1.165) is 0 Å². The van der Waals surface area contributed by atoms with Gasteiger partial charge < -0.3 is 24.5 Å². The SMILES string of the molecule is C=CC(=O)N1CC[C@@H](F)[C@H](Oc2nc(Nc3cnoc3)nc3[nH]ccc23)C1. The standard InChI is InChI=1S/C17H17FN6O3/c1-2-14(25)24-6-4-12(18)13(8-24)27-16-11-3-5-19-15(11)22-17(23-16)21-10-7-20-26-9-10/h2-3,5,7,9,12-13H,1,4,6,8H2,(H2,19,21,22,23)/t12-,13-/m1/s1. The number of hydrogen-bond acceptors (Lipinski definition) is 7. The monoisotopic (exact) mass is 372 g/mol. The Morgan fingerprint density at radius 1 is 1.52 bits per heavy atom. The number of hydrogen-bond donors (Lipinski definition) is 2. The number of likely N-dealkylation sites (tertiary alicyclic amines) is 1. The zero-order valence-electron chi connectivity index (χ0n) is 14.3. The molecule has 0 saturated carbocycles. The Kier molecular flexibility index (Phi) is 4.45. The van der Waals surface area contributed by atoms with Crippen molar-refractivity contribution in [3.63, 3.8) is 0 Å². The number of fused-ring (bicyclic) bond motifs is 1. The van der Waals surface area contributed by atoms with Crippen LogP contribution >= 0.6 is 0 Å². The number of carbonyl (C=O) groups excluding carboxylic acids is 1. The number of halogens is 1. The molecule has 4 rings (SSSR count). The minimum absolute atomic E-state index is 0.121. The number of carbonyl (C=O) groups is 1. The normalized spacial score (nSPS) is 19.8. The van der Waals surface area contributed by atoms with Gasteiger partial charge in [-0.15, -0.1) is 0 Å². The fourth-order valence-corrected chi connectivity index (χ4v) is 2.93. The molecule has 0 radical (unpaired) electrons. The molecule has 2 atom stereocenters. The topological polar surface area (TPSA) is 109 Å². The van der Waals surface area contributed by atoms with Crippen LogP contribution in [0.1, 0.15) is 6.42 Å². The van der Waals surface area contributed by atoms with Crippen LogP contribution in [-0.2, 0) is 4.79 Å². The van der Waals surface area contributed by atoms with Crippen LogP contribution in [0, 0.1) is 0 Å². The number of anilines is 2. The molecule has 0 aromatic carbocycles. The van der Waals surface area contributed by atoms with Gasteiger partial charge in [-0.05, 0) is 18.6 Å². The summed E-state index contributed by atoms with van der Waals surface area (Å²) < 4.78 is 25.1. The van der Waals surface area contributed by atoms with Crippen molar-refractivity contribution in [3.05, 3.63) is 37.4 Å². The van der Waals surface area contributed by atoms with Gasteiger partial charge in [0.1, 0.15) is 29.9 Å². The zero-order chi connectivity index (χ0) is 18.8. The second kappa shape index (κ2) is 7.06. The molecule has 27 heavy (non-hydrogen) atoms. The van der Waals surface area contributed by atoms with E-state index < -0.39 is 12.3 Å². The van der Waals surface area contributed by atoms with Crippen LogP contribution in [0.5, 0.6) is 5.88 Å². The number of nitrogens with one attached hydrogen (secondary N) is 2. The highest BCUT2D eigenvalue weighted by Gasteiger charge is 2.33. The second-order valence-electron chi connectivity index (χ2n) is 6.08. The van der Waals surface area contributed by atoms with Gasteiger partial charge in [0, 0.05) is 12.7 Å². The Balaban J connectivity index is 1.61. The molecule has 3 aromatic heterocycles. The van der Waals surface area contributed by atoms with Gasteiger partial charge in [-0.25, -0.2) is 4.39 Å². The minimum atomic E-state index is -1.21. The van der Waals surface area contributed by atoms with Gasteiger partial charge in [0.2, 0.25) is 17.7 Å². The van der Waals surface area contributed by atoms with Gasteiger partial charge in [-0.2, -0.15) is 9.97 Å². The number of aromatic nitrogens is 4. The first-order chi connectivity index (χ1) is 13.1. The summed E-state index contributed by atoms with van der Waals surface area (Å²) in [5, 5.41) is 7.16. The lowest BCUT2D eigenvalue weighted by atomic mass is 10.1. The molecule has 9 nitrogen and oxygen atoms in total. The molecule has 0 aliphatic carbocycles. The minimum Gasteiger partial charge on any atom is -0.469 e. The Labute approximate surface area is 153 Å². The van der Waals surface area contributed by atoms with E-state index in [9.17, 15) is 9.18 Å². The van der Waals surface area contributed by atoms with E-state index in [2.05, 4.69) is 32.0 Å². The predicted octanol–water partition coefficient (Wildman–Crippen LogP) is 2.19. The van der Waals surface area contributed by atoms with Crippen molar-refractivity contribution < 1.29 is 18.4 Å². The average Bonchev–Trinajstić information content (AvgIpc) is 3.34. The van der Waals surface area contributed by atoms with E-state index in [1.165, 1.54) is 23.4 Å². The molecular weight excluding hydrogens is 355 g/mol. The predicted molar refractivity (Wildman–Crippen MR) is 94.4 cm³/mol. The molecule has 0 unspecified atom stereocenters. The van der Waals surface area contributed by atoms with Crippen molar-refractivity contribution in [3.8, 4) is 5.88 Å². The van der Waals surface area contributed by atoms with Gasteiger partial charge in [0.15, 0.2) is 0 Å². The zero-order valence-corrected chi connectivity index (χ0v) is 14.3. The highest BCUT2D eigenvalue weighted by molar-refractivity contribution is 5.87. The van der Waals surface area contributed by atoms with Crippen molar-refractivity contribution >= 4 is 28.6 Å². The van der Waals surface area contributed by atoms with Crippen molar-refractivity contribution in [1.82, 2.24) is 25.0 Å². The van der Waals surface area contributed by atoms with Crippen LogP contribution in [0.4, 0.5) is 16.0 Å². The first kappa shape index (κ1) is 17.0. The molecule has 1 amide bonds. The lowest BCUT2D eigenvalue weighted by Gasteiger charge is -2.34. The van der Waals surface area contributed by atoms with Crippen LogP contribution in [0.2, 0.25) is 0 Å². The fraction of sp³-hybridized carbons (Fsp3) is 0.294. The summed E-state index contributed by atoms with van der Waals surface area (Å²) >= 11 is 0. The number of piperidine rings is 1. The highest BCUT2D eigenvalue weighted by atomic mass is 19.1. The molecule has 1 fully saturated rings. The first-order valence-corrected chi connectivity index (χ1v) is 8.37. The Morgan fingerprint density at radius 2 is 2.41 bits per heavy atom. The maximum absolute atomic E-state index is 14.4. The molecule has 140 valence electrons. The van der Waals surface area contributed by atoms with E-state index in [4.69, 9.17) is 9.26 Å². The lowest BCUT2D eigenvalue weighted by molar-refractivity contribution is -0.130. The molecule has 2 N–H and O–H groups in total. The molecule has 3 aromatic rings. The van der Waals surface area contributed by atoms with Gasteiger partial charge in [-0.1, -0.05) is 11.7 Å². The molecule has 0 spiro atoms. The Hall–Kier alpha value is -3.43. The molecule has 1 saturated heterocycles. The molecule has 10 heteroatoms. The van der Waals surface area contributed by atoms with E-state index in [0.29, 0.717) is 23.3 Å². The van der Waals surface area contributed by atoms with E-state index in [1.807, 2.05) is 0 Å². The number of alkyl halides is 1. The second-order valence-corrected chi connectivity index (χ2v) is 6.08. The summed E-state index contributed by atoms with van der Waals surface area (Å²) in [4.78, 5) is 25.0. The number of amides is 1.